The monoisotopic (exact) mass is 316 g/mol. The molecule has 0 bridgehead atoms. The van der Waals surface area contributed by atoms with Crippen LogP contribution in [0.25, 0.3) is 0 Å². The summed E-state index contributed by atoms with van der Waals surface area (Å²) in [7, 11) is 0. The van der Waals surface area contributed by atoms with Gasteiger partial charge in [0.05, 0.1) is 12.2 Å². The van der Waals surface area contributed by atoms with Gasteiger partial charge in [0.25, 0.3) is 0 Å². The van der Waals surface area contributed by atoms with Crippen LogP contribution in [0.4, 0.5) is 20.2 Å². The van der Waals surface area contributed by atoms with E-state index < -0.39 is 11.6 Å². The van der Waals surface area contributed by atoms with Gasteiger partial charge >= 0.3 is 0 Å². The molecular weight excluding hydrogens is 298 g/mol. The quantitative estimate of drug-likeness (QED) is 0.935. The normalized spacial score (nSPS) is 16.8. The van der Waals surface area contributed by atoms with Crippen molar-refractivity contribution in [2.24, 2.45) is 0 Å². The molecule has 0 radical (unpaired) electrons. The molecule has 5 heteroatoms. The number of para-hydroxylation sites is 1. The number of amides is 1. The van der Waals surface area contributed by atoms with Gasteiger partial charge in [-0.3, -0.25) is 4.79 Å². The molecule has 2 aromatic carbocycles. The van der Waals surface area contributed by atoms with Gasteiger partial charge in [-0.2, -0.15) is 0 Å². The largest absolute Gasteiger partial charge is 0.359 e. The molecule has 1 atom stereocenters. The van der Waals surface area contributed by atoms with Gasteiger partial charge in [-0.15, -0.1) is 0 Å². The molecule has 1 amide bonds. The van der Waals surface area contributed by atoms with Crippen molar-refractivity contribution in [1.82, 2.24) is 0 Å². The first-order valence-electron chi connectivity index (χ1n) is 7.64. The molecular formula is C18H18F2N2O. The fourth-order valence-electron chi connectivity index (χ4n) is 2.94. The topological polar surface area (TPSA) is 32.3 Å². The number of carbonyl (C=O) groups is 1. The van der Waals surface area contributed by atoms with Crippen molar-refractivity contribution in [3.8, 4) is 0 Å². The van der Waals surface area contributed by atoms with Gasteiger partial charge in [-0.25, -0.2) is 8.78 Å². The fraction of sp³-hybridized carbons (Fsp3) is 0.278. The highest BCUT2D eigenvalue weighted by molar-refractivity contribution is 5.94. The Balaban J connectivity index is 1.76. The number of anilines is 2. The number of nitrogens with zero attached hydrogens (tertiary/aromatic N) is 1. The molecule has 120 valence electrons. The molecule has 2 aromatic rings. The highest BCUT2D eigenvalue weighted by atomic mass is 19.1. The van der Waals surface area contributed by atoms with Crippen molar-refractivity contribution in [2.75, 3.05) is 16.8 Å². The van der Waals surface area contributed by atoms with Crippen LogP contribution < -0.4 is 10.2 Å². The lowest BCUT2D eigenvalue weighted by Crippen LogP contribution is -2.42. The van der Waals surface area contributed by atoms with Crippen LogP contribution in [0.2, 0.25) is 0 Å². The number of halogens is 2. The standard InChI is InChI=1S/C18H18F2N2O/c1-12-6-7-13-4-2-3-5-17(13)22(12)11-18(23)21-16-10-14(19)8-9-15(16)20/h2-5,8-10,12H,6-7,11H2,1H3,(H,21,23)/t12-/m1/s1. The number of aryl methyl sites for hydroxylation is 1. The zero-order valence-electron chi connectivity index (χ0n) is 12.9. The molecule has 1 heterocycles. The lowest BCUT2D eigenvalue weighted by molar-refractivity contribution is -0.115. The molecule has 0 saturated heterocycles. The van der Waals surface area contributed by atoms with Gasteiger partial charge in [0.2, 0.25) is 5.91 Å². The summed E-state index contributed by atoms with van der Waals surface area (Å²) in [4.78, 5) is 14.3. The molecule has 3 nitrogen and oxygen atoms in total. The van der Waals surface area contributed by atoms with Gasteiger partial charge in [0.15, 0.2) is 0 Å². The number of carbonyl (C=O) groups excluding carboxylic acids is 1. The minimum Gasteiger partial charge on any atom is -0.359 e. The van der Waals surface area contributed by atoms with Gasteiger partial charge in [-0.05, 0) is 43.5 Å². The minimum absolute atomic E-state index is 0.105. The summed E-state index contributed by atoms with van der Waals surface area (Å²) in [5.74, 6) is -1.59. The fourth-order valence-corrected chi connectivity index (χ4v) is 2.94. The van der Waals surface area contributed by atoms with Crippen molar-refractivity contribution in [1.29, 1.82) is 0 Å². The molecule has 0 spiro atoms. The SMILES string of the molecule is C[C@@H]1CCc2ccccc2N1CC(=O)Nc1cc(F)ccc1F. The van der Waals surface area contributed by atoms with Crippen LogP contribution in [0.3, 0.4) is 0 Å². The van der Waals surface area contributed by atoms with Crippen LogP contribution in [0, 0.1) is 11.6 Å². The molecule has 0 fully saturated rings. The molecule has 3 rings (SSSR count). The van der Waals surface area contributed by atoms with E-state index in [1.54, 1.807) is 0 Å². The van der Waals surface area contributed by atoms with Crippen LogP contribution >= 0.6 is 0 Å². The van der Waals surface area contributed by atoms with Gasteiger partial charge < -0.3 is 10.2 Å². The van der Waals surface area contributed by atoms with E-state index >= 15 is 0 Å². The van der Waals surface area contributed by atoms with Gasteiger partial charge in [-0.1, -0.05) is 18.2 Å². The van der Waals surface area contributed by atoms with Crippen molar-refractivity contribution in [2.45, 2.75) is 25.8 Å². The zero-order chi connectivity index (χ0) is 16.4. The summed E-state index contributed by atoms with van der Waals surface area (Å²) in [5.41, 5.74) is 2.10. The minimum atomic E-state index is -0.646. The van der Waals surface area contributed by atoms with Crippen molar-refractivity contribution in [3.05, 3.63) is 59.7 Å². The van der Waals surface area contributed by atoms with E-state index in [4.69, 9.17) is 0 Å². The lowest BCUT2D eigenvalue weighted by atomic mass is 9.96. The van der Waals surface area contributed by atoms with E-state index in [0.717, 1.165) is 36.7 Å². The Kier molecular flexibility index (Phi) is 4.28. The van der Waals surface area contributed by atoms with Gasteiger partial charge in [0.1, 0.15) is 11.6 Å². The van der Waals surface area contributed by atoms with Crippen LogP contribution in [0.1, 0.15) is 18.9 Å². The van der Waals surface area contributed by atoms with E-state index in [9.17, 15) is 13.6 Å². The van der Waals surface area contributed by atoms with Crippen LogP contribution in [-0.2, 0) is 11.2 Å². The number of benzene rings is 2. The maximum Gasteiger partial charge on any atom is 0.243 e. The maximum absolute atomic E-state index is 13.6. The molecule has 23 heavy (non-hydrogen) atoms. The number of rotatable bonds is 3. The van der Waals surface area contributed by atoms with Crippen LogP contribution in [0.15, 0.2) is 42.5 Å². The van der Waals surface area contributed by atoms with Crippen LogP contribution in [-0.4, -0.2) is 18.5 Å². The Morgan fingerprint density at radius 3 is 2.87 bits per heavy atom. The predicted octanol–water partition coefficient (Wildman–Crippen LogP) is 3.74. The Hall–Kier alpha value is -2.43. The van der Waals surface area contributed by atoms with E-state index in [2.05, 4.69) is 18.3 Å². The highest BCUT2D eigenvalue weighted by Gasteiger charge is 2.24. The third-order valence-electron chi connectivity index (χ3n) is 4.18. The Bertz CT molecular complexity index is 733. The van der Waals surface area contributed by atoms with Crippen LogP contribution in [0.5, 0.6) is 0 Å². The molecule has 0 unspecified atom stereocenters. The summed E-state index contributed by atoms with van der Waals surface area (Å²) in [5, 5.41) is 2.45. The molecule has 0 aromatic heterocycles. The second-order valence-electron chi connectivity index (χ2n) is 5.82. The van der Waals surface area contributed by atoms with E-state index in [0.29, 0.717) is 0 Å². The average molecular weight is 316 g/mol. The zero-order valence-corrected chi connectivity index (χ0v) is 12.9. The Labute approximate surface area is 133 Å². The van der Waals surface area contributed by atoms with Crippen molar-refractivity contribution >= 4 is 17.3 Å². The molecule has 0 aliphatic carbocycles. The summed E-state index contributed by atoms with van der Waals surface area (Å²) in [6.45, 7) is 2.17. The van der Waals surface area contributed by atoms with E-state index in [1.165, 1.54) is 5.56 Å². The van der Waals surface area contributed by atoms with Gasteiger partial charge in [0, 0.05) is 17.8 Å². The number of fused-ring (bicyclic) bond motifs is 1. The second-order valence-corrected chi connectivity index (χ2v) is 5.82. The predicted molar refractivity (Wildman–Crippen MR) is 86.6 cm³/mol. The van der Waals surface area contributed by atoms with Crippen molar-refractivity contribution in [3.63, 3.8) is 0 Å². The average Bonchev–Trinajstić information content (AvgIpc) is 2.54. The Morgan fingerprint density at radius 1 is 1.26 bits per heavy atom. The van der Waals surface area contributed by atoms with E-state index in [-0.39, 0.29) is 24.2 Å². The third kappa shape index (κ3) is 3.33. The summed E-state index contributed by atoms with van der Waals surface area (Å²) < 4.78 is 26.8. The highest BCUT2D eigenvalue weighted by Crippen LogP contribution is 2.30. The first-order chi connectivity index (χ1) is 11.0. The number of hydrogen-bond donors (Lipinski definition) is 1. The maximum atomic E-state index is 13.6. The lowest BCUT2D eigenvalue weighted by Gasteiger charge is -2.36. The third-order valence-corrected chi connectivity index (χ3v) is 4.18. The Morgan fingerprint density at radius 2 is 2.04 bits per heavy atom. The summed E-state index contributed by atoms with van der Waals surface area (Å²) >= 11 is 0. The molecule has 0 saturated carbocycles. The first kappa shape index (κ1) is 15.5. The summed E-state index contributed by atoms with van der Waals surface area (Å²) in [6, 6.07) is 11.2. The number of hydrogen-bond acceptors (Lipinski definition) is 2. The number of nitrogens with one attached hydrogen (secondary N) is 1. The second kappa shape index (κ2) is 6.36. The first-order valence-corrected chi connectivity index (χ1v) is 7.64. The smallest absolute Gasteiger partial charge is 0.243 e. The van der Waals surface area contributed by atoms with E-state index in [1.807, 2.05) is 23.1 Å². The molecule has 1 aliphatic heterocycles. The summed E-state index contributed by atoms with van der Waals surface area (Å²) in [6.07, 6.45) is 1.94. The molecule has 1 aliphatic rings. The van der Waals surface area contributed by atoms with Crippen molar-refractivity contribution < 1.29 is 13.6 Å². The molecule has 1 N–H and O–H groups in total.